The fourth-order valence-electron chi connectivity index (χ4n) is 2.05. The molecular weight excluding hydrogens is 178 g/mol. The predicted octanol–water partition coefficient (Wildman–Crippen LogP) is 1.61. The van der Waals surface area contributed by atoms with Crippen molar-refractivity contribution in [3.05, 3.63) is 23.3 Å². The first kappa shape index (κ1) is 9.34. The Kier molecular flexibility index (Phi) is 2.33. The van der Waals surface area contributed by atoms with Crippen LogP contribution in [0.25, 0.3) is 0 Å². The third-order valence-corrected chi connectivity index (χ3v) is 2.77. The van der Waals surface area contributed by atoms with Gasteiger partial charge in [-0.1, -0.05) is 6.07 Å². The van der Waals surface area contributed by atoms with Crippen LogP contribution >= 0.6 is 0 Å². The van der Waals surface area contributed by atoms with Gasteiger partial charge in [-0.05, 0) is 31.5 Å². The fraction of sp³-hybridized carbons (Fsp3) is 0.455. The third kappa shape index (κ3) is 1.34. The number of phenolic OH excluding ortho intramolecular Hbond substituents is 1. The molecule has 0 fully saturated rings. The largest absolute Gasteiger partial charge is 0.504 e. The van der Waals surface area contributed by atoms with Crippen LogP contribution in [-0.4, -0.2) is 18.8 Å². The van der Waals surface area contributed by atoms with E-state index in [2.05, 4.69) is 12.2 Å². The van der Waals surface area contributed by atoms with E-state index in [4.69, 9.17) is 4.74 Å². The number of methoxy groups -OCH3 is 1. The van der Waals surface area contributed by atoms with E-state index in [1.54, 1.807) is 13.2 Å². The van der Waals surface area contributed by atoms with Crippen LogP contribution in [0.4, 0.5) is 0 Å². The van der Waals surface area contributed by atoms with Crippen LogP contribution in [0.1, 0.15) is 24.1 Å². The van der Waals surface area contributed by atoms with Crippen molar-refractivity contribution in [3.8, 4) is 11.5 Å². The van der Waals surface area contributed by atoms with E-state index in [9.17, 15) is 5.11 Å². The molecule has 0 amide bonds. The maximum atomic E-state index is 9.61. The second-order valence-corrected chi connectivity index (χ2v) is 3.61. The molecule has 0 radical (unpaired) electrons. The van der Waals surface area contributed by atoms with Crippen molar-refractivity contribution in [3.63, 3.8) is 0 Å². The Hall–Kier alpha value is -1.22. The zero-order valence-corrected chi connectivity index (χ0v) is 8.50. The summed E-state index contributed by atoms with van der Waals surface area (Å²) in [7, 11) is 1.60. The summed E-state index contributed by atoms with van der Waals surface area (Å²) in [5, 5.41) is 13.0. The van der Waals surface area contributed by atoms with Gasteiger partial charge in [0, 0.05) is 11.6 Å². The minimum Gasteiger partial charge on any atom is -0.504 e. The van der Waals surface area contributed by atoms with E-state index in [1.165, 1.54) is 5.56 Å². The van der Waals surface area contributed by atoms with Crippen molar-refractivity contribution in [1.82, 2.24) is 5.32 Å². The van der Waals surface area contributed by atoms with Crippen LogP contribution in [0.2, 0.25) is 0 Å². The van der Waals surface area contributed by atoms with Crippen LogP contribution in [0.3, 0.4) is 0 Å². The molecule has 0 spiro atoms. The van der Waals surface area contributed by atoms with E-state index in [0.29, 0.717) is 11.8 Å². The third-order valence-electron chi connectivity index (χ3n) is 2.77. The number of nitrogens with one attached hydrogen (secondary N) is 1. The molecule has 1 atom stereocenters. The standard InChI is InChI=1S/C11H15NO2/c1-7-8-3-4-10(13)11(14-2)9(8)5-6-12-7/h3-4,7,12-13H,5-6H2,1-2H3. The Morgan fingerprint density at radius 2 is 2.29 bits per heavy atom. The van der Waals surface area contributed by atoms with Crippen molar-refractivity contribution in [2.24, 2.45) is 0 Å². The van der Waals surface area contributed by atoms with E-state index < -0.39 is 0 Å². The van der Waals surface area contributed by atoms with E-state index in [0.717, 1.165) is 18.5 Å². The van der Waals surface area contributed by atoms with Gasteiger partial charge in [0.25, 0.3) is 0 Å². The monoisotopic (exact) mass is 193 g/mol. The lowest BCUT2D eigenvalue weighted by molar-refractivity contribution is 0.364. The lowest BCUT2D eigenvalue weighted by Crippen LogP contribution is -2.28. The first-order valence-corrected chi connectivity index (χ1v) is 4.86. The smallest absolute Gasteiger partial charge is 0.164 e. The molecule has 0 aliphatic carbocycles. The summed E-state index contributed by atoms with van der Waals surface area (Å²) in [6.45, 7) is 3.06. The molecule has 14 heavy (non-hydrogen) atoms. The zero-order valence-electron chi connectivity index (χ0n) is 8.50. The Balaban J connectivity index is 2.55. The Morgan fingerprint density at radius 3 is 3.00 bits per heavy atom. The van der Waals surface area contributed by atoms with Crippen LogP contribution in [0.5, 0.6) is 11.5 Å². The number of hydrogen-bond acceptors (Lipinski definition) is 3. The number of aromatic hydroxyl groups is 1. The maximum absolute atomic E-state index is 9.61. The normalized spacial score (nSPS) is 20.3. The topological polar surface area (TPSA) is 41.5 Å². The summed E-state index contributed by atoms with van der Waals surface area (Å²) in [4.78, 5) is 0. The second kappa shape index (κ2) is 3.50. The van der Waals surface area contributed by atoms with Gasteiger partial charge >= 0.3 is 0 Å². The first-order valence-electron chi connectivity index (χ1n) is 4.86. The van der Waals surface area contributed by atoms with Crippen LogP contribution in [0.15, 0.2) is 12.1 Å². The summed E-state index contributed by atoms with van der Waals surface area (Å²) in [5.41, 5.74) is 2.37. The molecule has 1 heterocycles. The lowest BCUT2D eigenvalue weighted by atomic mass is 9.94. The fourth-order valence-corrected chi connectivity index (χ4v) is 2.05. The molecule has 2 rings (SSSR count). The number of fused-ring (bicyclic) bond motifs is 1. The molecule has 3 nitrogen and oxygen atoms in total. The predicted molar refractivity (Wildman–Crippen MR) is 54.8 cm³/mol. The Labute approximate surface area is 83.7 Å². The number of phenols is 1. The highest BCUT2D eigenvalue weighted by Gasteiger charge is 2.20. The summed E-state index contributed by atoms with van der Waals surface area (Å²) < 4.78 is 5.21. The highest BCUT2D eigenvalue weighted by atomic mass is 16.5. The Bertz CT molecular complexity index is 349. The van der Waals surface area contributed by atoms with Gasteiger partial charge in [0.15, 0.2) is 11.5 Å². The number of benzene rings is 1. The van der Waals surface area contributed by atoms with Gasteiger partial charge in [-0.15, -0.1) is 0 Å². The number of ether oxygens (including phenoxy) is 1. The molecule has 0 bridgehead atoms. The number of hydrogen-bond donors (Lipinski definition) is 2. The van der Waals surface area contributed by atoms with Gasteiger partial charge in [0.2, 0.25) is 0 Å². The van der Waals surface area contributed by atoms with E-state index in [-0.39, 0.29) is 5.75 Å². The molecule has 0 aromatic heterocycles. The zero-order chi connectivity index (χ0) is 10.1. The molecular formula is C11H15NO2. The molecule has 1 aliphatic heterocycles. The van der Waals surface area contributed by atoms with Crippen LogP contribution < -0.4 is 10.1 Å². The SMILES string of the molecule is COc1c(O)ccc2c1CCNC2C. The molecule has 1 unspecified atom stereocenters. The average molecular weight is 193 g/mol. The van der Waals surface area contributed by atoms with Gasteiger partial charge in [-0.3, -0.25) is 0 Å². The number of rotatable bonds is 1. The van der Waals surface area contributed by atoms with E-state index in [1.807, 2.05) is 6.07 Å². The van der Waals surface area contributed by atoms with Crippen molar-refractivity contribution in [1.29, 1.82) is 0 Å². The molecule has 0 saturated carbocycles. The molecule has 1 aromatic carbocycles. The van der Waals surface area contributed by atoms with Gasteiger partial charge in [-0.25, -0.2) is 0 Å². The van der Waals surface area contributed by atoms with Gasteiger partial charge in [0.05, 0.1) is 7.11 Å². The molecule has 1 aliphatic rings. The molecule has 1 aromatic rings. The quantitative estimate of drug-likeness (QED) is 0.712. The van der Waals surface area contributed by atoms with E-state index >= 15 is 0 Å². The van der Waals surface area contributed by atoms with Crippen LogP contribution in [-0.2, 0) is 6.42 Å². The summed E-state index contributed by atoms with van der Waals surface area (Å²) >= 11 is 0. The molecule has 76 valence electrons. The van der Waals surface area contributed by atoms with Crippen molar-refractivity contribution >= 4 is 0 Å². The minimum absolute atomic E-state index is 0.236. The van der Waals surface area contributed by atoms with Gasteiger partial charge < -0.3 is 15.2 Å². The average Bonchev–Trinajstić information content (AvgIpc) is 2.18. The highest BCUT2D eigenvalue weighted by molar-refractivity contribution is 5.51. The Morgan fingerprint density at radius 1 is 1.50 bits per heavy atom. The minimum atomic E-state index is 0.236. The summed E-state index contributed by atoms with van der Waals surface area (Å²) in [5.74, 6) is 0.871. The van der Waals surface area contributed by atoms with Crippen molar-refractivity contribution in [2.75, 3.05) is 13.7 Å². The molecule has 2 N–H and O–H groups in total. The van der Waals surface area contributed by atoms with Gasteiger partial charge in [-0.2, -0.15) is 0 Å². The first-order chi connectivity index (χ1) is 6.74. The van der Waals surface area contributed by atoms with Gasteiger partial charge in [0.1, 0.15) is 0 Å². The molecule has 0 saturated heterocycles. The summed E-state index contributed by atoms with van der Waals surface area (Å²) in [6, 6.07) is 4.00. The second-order valence-electron chi connectivity index (χ2n) is 3.61. The lowest BCUT2D eigenvalue weighted by Gasteiger charge is -2.25. The molecule has 3 heteroatoms. The maximum Gasteiger partial charge on any atom is 0.164 e. The van der Waals surface area contributed by atoms with Crippen LogP contribution in [0, 0.1) is 0 Å². The summed E-state index contributed by atoms with van der Waals surface area (Å²) in [6.07, 6.45) is 0.914. The van der Waals surface area contributed by atoms with Crippen molar-refractivity contribution < 1.29 is 9.84 Å². The van der Waals surface area contributed by atoms with Crippen molar-refractivity contribution in [2.45, 2.75) is 19.4 Å². The highest BCUT2D eigenvalue weighted by Crippen LogP contribution is 2.36.